The van der Waals surface area contributed by atoms with Crippen LogP contribution in [0.3, 0.4) is 0 Å². The predicted octanol–water partition coefficient (Wildman–Crippen LogP) is 0.368. The van der Waals surface area contributed by atoms with Gasteiger partial charge in [-0.1, -0.05) is 6.92 Å². The Morgan fingerprint density at radius 3 is 2.38 bits per heavy atom. The minimum atomic E-state index is -1.47. The van der Waals surface area contributed by atoms with Gasteiger partial charge in [-0.2, -0.15) is 5.11 Å². The summed E-state index contributed by atoms with van der Waals surface area (Å²) in [6.07, 6.45) is -1.22. The molecule has 3 heteroatoms. The molecule has 3 nitrogen and oxygen atoms in total. The minimum Gasteiger partial charge on any atom is -0.347 e. The van der Waals surface area contributed by atoms with E-state index in [-0.39, 0.29) is 6.42 Å². The molecular weight excluding hydrogens is 108 g/mol. The van der Waals surface area contributed by atoms with Gasteiger partial charge in [0.1, 0.15) is 0 Å². The summed E-state index contributed by atoms with van der Waals surface area (Å²) in [5, 5.41) is 10.3. The Kier molecular flexibility index (Phi) is 3.39. The van der Waals surface area contributed by atoms with Crippen molar-refractivity contribution in [2.24, 2.45) is 0 Å². The summed E-state index contributed by atoms with van der Waals surface area (Å²) in [4.78, 5) is 10.3. The molecular formula is C5H9O3. The van der Waals surface area contributed by atoms with Gasteiger partial charge >= 0.3 is 0 Å². The second kappa shape index (κ2) is 3.57. The van der Waals surface area contributed by atoms with E-state index in [1.807, 2.05) is 0 Å². The molecule has 0 saturated heterocycles. The standard InChI is InChI=1S/C5H9O3/c1-3-4(6)5(7)8-2/h5H,3H2,1-2H3. The summed E-state index contributed by atoms with van der Waals surface area (Å²) in [6.45, 7) is 1.63. The molecule has 0 aliphatic rings. The molecule has 0 aromatic heterocycles. The van der Waals surface area contributed by atoms with Crippen LogP contribution in [-0.2, 0) is 14.6 Å². The Morgan fingerprint density at radius 2 is 2.25 bits per heavy atom. The van der Waals surface area contributed by atoms with Crippen LogP contribution in [0.15, 0.2) is 0 Å². The second-order valence-corrected chi connectivity index (χ2v) is 1.39. The van der Waals surface area contributed by atoms with Crippen LogP contribution in [-0.4, -0.2) is 19.2 Å². The van der Waals surface area contributed by atoms with Gasteiger partial charge in [0, 0.05) is 13.5 Å². The first kappa shape index (κ1) is 7.59. The van der Waals surface area contributed by atoms with Crippen LogP contribution in [0, 0.1) is 0 Å². The van der Waals surface area contributed by atoms with E-state index in [4.69, 9.17) is 0 Å². The molecule has 0 aromatic rings. The number of carbonyl (C=O) groups excluding carboxylic acids is 1. The number of carbonyl (C=O) groups is 1. The zero-order valence-corrected chi connectivity index (χ0v) is 5.01. The van der Waals surface area contributed by atoms with Gasteiger partial charge < -0.3 is 4.74 Å². The SMILES string of the molecule is CCC(=O)C([O])OC. The van der Waals surface area contributed by atoms with Gasteiger partial charge in [-0.15, -0.1) is 0 Å². The molecule has 47 valence electrons. The lowest BCUT2D eigenvalue weighted by molar-refractivity contribution is -0.162. The molecule has 0 saturated carbocycles. The summed E-state index contributed by atoms with van der Waals surface area (Å²) < 4.78 is 4.20. The van der Waals surface area contributed by atoms with Gasteiger partial charge in [-0.3, -0.25) is 4.79 Å². The lowest BCUT2D eigenvalue weighted by Crippen LogP contribution is -2.19. The maximum absolute atomic E-state index is 10.3. The van der Waals surface area contributed by atoms with Gasteiger partial charge in [0.25, 0.3) is 6.29 Å². The molecule has 0 bridgehead atoms. The van der Waals surface area contributed by atoms with Crippen LogP contribution in [0.1, 0.15) is 13.3 Å². The zero-order valence-electron chi connectivity index (χ0n) is 5.01. The van der Waals surface area contributed by atoms with Crippen molar-refractivity contribution in [3.63, 3.8) is 0 Å². The van der Waals surface area contributed by atoms with E-state index in [0.717, 1.165) is 0 Å². The molecule has 0 heterocycles. The predicted molar refractivity (Wildman–Crippen MR) is 26.8 cm³/mol. The van der Waals surface area contributed by atoms with Crippen LogP contribution in [0.2, 0.25) is 0 Å². The number of rotatable bonds is 3. The third-order valence-corrected chi connectivity index (χ3v) is 0.825. The van der Waals surface area contributed by atoms with Crippen LogP contribution in [0.5, 0.6) is 0 Å². The molecule has 0 aliphatic carbocycles. The Balaban J connectivity index is 3.46. The molecule has 0 aromatic carbocycles. The monoisotopic (exact) mass is 117 g/mol. The molecule has 0 spiro atoms. The van der Waals surface area contributed by atoms with Crippen molar-refractivity contribution in [2.45, 2.75) is 19.6 Å². The summed E-state index contributed by atoms with van der Waals surface area (Å²) in [5.74, 6) is -0.396. The number of ether oxygens (including phenoxy) is 1. The molecule has 1 radical (unpaired) electrons. The van der Waals surface area contributed by atoms with Crippen LogP contribution in [0.25, 0.3) is 0 Å². The van der Waals surface area contributed by atoms with Gasteiger partial charge in [-0.05, 0) is 0 Å². The highest BCUT2D eigenvalue weighted by atomic mass is 16.6. The van der Waals surface area contributed by atoms with Gasteiger partial charge in [0.2, 0.25) is 0 Å². The Morgan fingerprint density at radius 1 is 1.75 bits per heavy atom. The lowest BCUT2D eigenvalue weighted by Gasteiger charge is -1.99. The minimum absolute atomic E-state index is 0.252. The first-order valence-electron chi connectivity index (χ1n) is 2.43. The largest absolute Gasteiger partial charge is 0.347 e. The fourth-order valence-electron chi connectivity index (χ4n) is 0.298. The number of ketones is 1. The van der Waals surface area contributed by atoms with E-state index in [1.165, 1.54) is 7.11 Å². The highest BCUT2D eigenvalue weighted by Gasteiger charge is 2.11. The average molecular weight is 117 g/mol. The maximum atomic E-state index is 10.3. The molecule has 0 N–H and O–H groups in total. The van der Waals surface area contributed by atoms with E-state index in [2.05, 4.69) is 4.74 Å². The normalized spacial score (nSPS) is 13.4. The first-order chi connectivity index (χ1) is 3.72. The van der Waals surface area contributed by atoms with Crippen molar-refractivity contribution in [3.05, 3.63) is 0 Å². The van der Waals surface area contributed by atoms with Gasteiger partial charge in [0.05, 0.1) is 0 Å². The first-order valence-corrected chi connectivity index (χ1v) is 2.43. The van der Waals surface area contributed by atoms with Crippen molar-refractivity contribution in [2.75, 3.05) is 7.11 Å². The van der Waals surface area contributed by atoms with E-state index in [9.17, 15) is 9.90 Å². The molecule has 0 amide bonds. The average Bonchev–Trinajstić information content (AvgIpc) is 1.84. The van der Waals surface area contributed by atoms with E-state index < -0.39 is 12.1 Å². The zero-order chi connectivity index (χ0) is 6.57. The van der Waals surface area contributed by atoms with Gasteiger partial charge in [-0.25, -0.2) is 0 Å². The number of Topliss-reactive ketones (excluding diaryl/α,β-unsaturated/α-hetero) is 1. The Hall–Kier alpha value is -0.410. The van der Waals surface area contributed by atoms with Crippen molar-refractivity contribution >= 4 is 5.78 Å². The molecule has 1 unspecified atom stereocenters. The van der Waals surface area contributed by atoms with Crippen molar-refractivity contribution < 1.29 is 14.6 Å². The smallest absolute Gasteiger partial charge is 0.250 e. The lowest BCUT2D eigenvalue weighted by atomic mass is 10.3. The summed E-state index contributed by atoms with van der Waals surface area (Å²) >= 11 is 0. The van der Waals surface area contributed by atoms with Crippen LogP contribution in [0.4, 0.5) is 0 Å². The van der Waals surface area contributed by atoms with Crippen molar-refractivity contribution in [1.29, 1.82) is 0 Å². The topological polar surface area (TPSA) is 46.2 Å². The number of hydrogen-bond donors (Lipinski definition) is 0. The van der Waals surface area contributed by atoms with Crippen LogP contribution < -0.4 is 0 Å². The third-order valence-electron chi connectivity index (χ3n) is 0.825. The molecule has 1 atom stereocenters. The highest BCUT2D eigenvalue weighted by molar-refractivity contribution is 5.81. The third kappa shape index (κ3) is 2.04. The van der Waals surface area contributed by atoms with E-state index in [0.29, 0.717) is 0 Å². The summed E-state index contributed by atoms with van der Waals surface area (Å²) in [5.41, 5.74) is 0. The Labute approximate surface area is 48.3 Å². The summed E-state index contributed by atoms with van der Waals surface area (Å²) in [7, 11) is 1.23. The summed E-state index contributed by atoms with van der Waals surface area (Å²) in [6, 6.07) is 0. The molecule has 0 rings (SSSR count). The second-order valence-electron chi connectivity index (χ2n) is 1.39. The van der Waals surface area contributed by atoms with Gasteiger partial charge in [0.15, 0.2) is 5.78 Å². The Bertz CT molecular complexity index is 79.7. The molecule has 8 heavy (non-hydrogen) atoms. The van der Waals surface area contributed by atoms with E-state index >= 15 is 0 Å². The maximum Gasteiger partial charge on any atom is 0.250 e. The quantitative estimate of drug-likeness (QED) is 0.501. The fraction of sp³-hybridized carbons (Fsp3) is 0.800. The number of methoxy groups -OCH3 is 1. The number of hydrogen-bond acceptors (Lipinski definition) is 2. The van der Waals surface area contributed by atoms with Crippen molar-refractivity contribution in [1.82, 2.24) is 0 Å². The molecule has 0 aliphatic heterocycles. The molecule has 0 fully saturated rings. The van der Waals surface area contributed by atoms with E-state index in [1.54, 1.807) is 6.92 Å². The highest BCUT2D eigenvalue weighted by Crippen LogP contribution is 1.90. The van der Waals surface area contributed by atoms with Crippen molar-refractivity contribution in [3.8, 4) is 0 Å². The van der Waals surface area contributed by atoms with Crippen LogP contribution >= 0.6 is 0 Å². The fourth-order valence-corrected chi connectivity index (χ4v) is 0.298.